The molecule has 0 aliphatic heterocycles. The van der Waals surface area contributed by atoms with Gasteiger partial charge in [0.1, 0.15) is 11.4 Å². The summed E-state index contributed by atoms with van der Waals surface area (Å²) < 4.78 is 44.1. The summed E-state index contributed by atoms with van der Waals surface area (Å²) in [4.78, 5) is 19.5. The van der Waals surface area contributed by atoms with Gasteiger partial charge in [-0.05, 0) is 51.0 Å². The van der Waals surface area contributed by atoms with Crippen molar-refractivity contribution in [3.63, 3.8) is 0 Å². The van der Waals surface area contributed by atoms with E-state index in [9.17, 15) is 23.3 Å². The van der Waals surface area contributed by atoms with Crippen molar-refractivity contribution >= 4 is 17.5 Å². The molecule has 11 nitrogen and oxygen atoms in total. The normalized spacial score (nSPS) is 17.7. The Balaban J connectivity index is 1.40. The minimum Gasteiger partial charge on any atom is -0.405 e. The topological polar surface area (TPSA) is 146 Å². The largest absolute Gasteiger partial charge is 0.573 e. The molecule has 0 unspecified atom stereocenters. The highest BCUT2D eigenvalue weighted by Gasteiger charge is 2.32. The molecule has 3 aromatic rings. The third-order valence-corrected chi connectivity index (χ3v) is 7.05. The predicted molar refractivity (Wildman–Crippen MR) is 138 cm³/mol. The maximum absolute atomic E-state index is 12.7. The monoisotopic (exact) mass is 548 g/mol. The molecule has 0 saturated heterocycles. The minimum atomic E-state index is -4.84. The first-order chi connectivity index (χ1) is 18.5. The molecule has 4 N–H and O–H groups in total. The molecule has 1 aromatic carbocycles. The summed E-state index contributed by atoms with van der Waals surface area (Å²) in [6.45, 7) is 2.66. The van der Waals surface area contributed by atoms with Gasteiger partial charge in [0, 0.05) is 43.0 Å². The van der Waals surface area contributed by atoms with Gasteiger partial charge in [-0.25, -0.2) is 4.98 Å². The number of ether oxygens (including phenoxy) is 1. The van der Waals surface area contributed by atoms with E-state index in [-0.39, 0.29) is 46.9 Å². The molecule has 4 rings (SSSR count). The summed E-state index contributed by atoms with van der Waals surface area (Å²) >= 11 is 0. The number of hydrogen-bond donors (Lipinski definition) is 3. The van der Waals surface area contributed by atoms with E-state index < -0.39 is 11.3 Å². The standard InChI is InChI=1S/C25H31F3N8O3/c1-15-18(14-32-35(15)2)13-30-19-9-7-16(8-10-19)11-20-22(36(37)38)23(29)34-24(33-20)31-12-17-5-3-4-6-21(17)39-25(26,27)28/h3-6,14,16,19,30H,7-13H2,1-2H3,(H3,29,31,33,34)/t16-,19-. The molecule has 210 valence electrons. The second-order valence-corrected chi connectivity index (χ2v) is 9.68. The van der Waals surface area contributed by atoms with E-state index in [2.05, 4.69) is 30.4 Å². The van der Waals surface area contributed by atoms with Gasteiger partial charge in [-0.1, -0.05) is 18.2 Å². The average Bonchev–Trinajstić information content (AvgIpc) is 3.19. The van der Waals surface area contributed by atoms with Gasteiger partial charge in [-0.3, -0.25) is 14.8 Å². The maximum Gasteiger partial charge on any atom is 0.573 e. The van der Waals surface area contributed by atoms with Gasteiger partial charge >= 0.3 is 12.0 Å². The summed E-state index contributed by atoms with van der Waals surface area (Å²) in [5.41, 5.74) is 8.27. The van der Waals surface area contributed by atoms with Gasteiger partial charge in [0.05, 0.1) is 11.1 Å². The van der Waals surface area contributed by atoms with Crippen LogP contribution in [0, 0.1) is 23.0 Å². The van der Waals surface area contributed by atoms with Crippen LogP contribution in [0.5, 0.6) is 5.75 Å². The van der Waals surface area contributed by atoms with Crippen LogP contribution in [0.25, 0.3) is 0 Å². The molecule has 1 aliphatic carbocycles. The number of aryl methyl sites for hydroxylation is 1. The van der Waals surface area contributed by atoms with E-state index in [4.69, 9.17) is 5.73 Å². The Bertz CT molecular complexity index is 1310. The van der Waals surface area contributed by atoms with Crippen LogP contribution in [-0.2, 0) is 26.6 Å². The molecule has 39 heavy (non-hydrogen) atoms. The number of halogens is 3. The molecule has 0 radical (unpaired) electrons. The first-order valence-electron chi connectivity index (χ1n) is 12.6. The number of para-hydroxylation sites is 1. The first-order valence-corrected chi connectivity index (χ1v) is 12.6. The summed E-state index contributed by atoms with van der Waals surface area (Å²) in [5.74, 6) is -0.492. The van der Waals surface area contributed by atoms with Gasteiger partial charge in [-0.15, -0.1) is 13.2 Å². The smallest absolute Gasteiger partial charge is 0.405 e. The van der Waals surface area contributed by atoms with E-state index >= 15 is 0 Å². The molecule has 1 fully saturated rings. The van der Waals surface area contributed by atoms with Crippen LogP contribution in [-0.4, -0.2) is 37.1 Å². The number of nitrogens with one attached hydrogen (secondary N) is 2. The predicted octanol–water partition coefficient (Wildman–Crippen LogP) is 4.41. The van der Waals surface area contributed by atoms with Crippen molar-refractivity contribution in [3.05, 3.63) is 63.1 Å². The zero-order valence-corrected chi connectivity index (χ0v) is 21.7. The number of rotatable bonds is 10. The van der Waals surface area contributed by atoms with Crippen molar-refractivity contribution in [2.75, 3.05) is 11.1 Å². The molecule has 14 heteroatoms. The molecule has 2 aromatic heterocycles. The number of anilines is 2. The van der Waals surface area contributed by atoms with Crippen molar-refractivity contribution in [2.24, 2.45) is 13.0 Å². The lowest BCUT2D eigenvalue weighted by atomic mass is 9.83. The Morgan fingerprint density at radius 2 is 1.87 bits per heavy atom. The number of nitrogens with zero attached hydrogens (tertiary/aromatic N) is 5. The number of nitrogens with two attached hydrogens (primary N) is 1. The summed E-state index contributed by atoms with van der Waals surface area (Å²) in [6, 6.07) is 5.99. The Kier molecular flexibility index (Phi) is 8.53. The third kappa shape index (κ3) is 7.34. The summed E-state index contributed by atoms with van der Waals surface area (Å²) in [5, 5.41) is 22.4. The second-order valence-electron chi connectivity index (χ2n) is 9.68. The molecular weight excluding hydrogens is 517 g/mol. The summed E-state index contributed by atoms with van der Waals surface area (Å²) in [6.07, 6.45) is 0.911. The van der Waals surface area contributed by atoms with E-state index in [0.29, 0.717) is 12.5 Å². The maximum atomic E-state index is 12.7. The van der Waals surface area contributed by atoms with E-state index in [1.165, 1.54) is 18.2 Å². The lowest BCUT2D eigenvalue weighted by Gasteiger charge is -2.29. The van der Waals surface area contributed by atoms with Crippen LogP contribution in [0.1, 0.15) is 48.2 Å². The van der Waals surface area contributed by atoms with Gasteiger partial charge in [0.15, 0.2) is 0 Å². The number of benzene rings is 1. The average molecular weight is 549 g/mol. The van der Waals surface area contributed by atoms with Crippen LogP contribution in [0.3, 0.4) is 0 Å². The summed E-state index contributed by atoms with van der Waals surface area (Å²) in [7, 11) is 1.91. The number of nitrogen functional groups attached to an aromatic ring is 1. The third-order valence-electron chi connectivity index (χ3n) is 7.05. The molecule has 0 atom stereocenters. The first kappa shape index (κ1) is 28.1. The number of aromatic nitrogens is 4. The Labute approximate surface area is 223 Å². The van der Waals surface area contributed by atoms with Crippen molar-refractivity contribution in [1.29, 1.82) is 0 Å². The zero-order chi connectivity index (χ0) is 28.2. The van der Waals surface area contributed by atoms with Crippen LogP contribution in [0.4, 0.5) is 30.6 Å². The van der Waals surface area contributed by atoms with Gasteiger partial charge < -0.3 is 21.1 Å². The van der Waals surface area contributed by atoms with Crippen molar-refractivity contribution in [1.82, 2.24) is 25.1 Å². The highest BCUT2D eigenvalue weighted by Crippen LogP contribution is 2.33. The van der Waals surface area contributed by atoms with Crippen LogP contribution in [0.15, 0.2) is 30.5 Å². The lowest BCUT2D eigenvalue weighted by molar-refractivity contribution is -0.385. The van der Waals surface area contributed by atoms with Crippen LogP contribution < -0.4 is 21.1 Å². The molecule has 1 saturated carbocycles. The number of hydrogen-bond acceptors (Lipinski definition) is 9. The van der Waals surface area contributed by atoms with Gasteiger partial charge in [0.25, 0.3) is 0 Å². The quantitative estimate of drug-likeness (QED) is 0.248. The Morgan fingerprint density at radius 3 is 2.51 bits per heavy atom. The molecule has 2 heterocycles. The molecule has 0 amide bonds. The molecule has 0 spiro atoms. The van der Waals surface area contributed by atoms with E-state index in [1.54, 1.807) is 6.07 Å². The molecule has 0 bridgehead atoms. The SMILES string of the molecule is Cc1c(CN[C@H]2CC[C@H](Cc3nc(NCc4ccccc4OC(F)(F)F)nc(N)c3[N+](=O)[O-])CC2)cnn1C. The van der Waals surface area contributed by atoms with Crippen molar-refractivity contribution in [3.8, 4) is 5.75 Å². The highest BCUT2D eigenvalue weighted by molar-refractivity contribution is 5.58. The molecular formula is C25H31F3N8O3. The Morgan fingerprint density at radius 1 is 1.15 bits per heavy atom. The second kappa shape index (κ2) is 11.8. The van der Waals surface area contributed by atoms with Crippen LogP contribution >= 0.6 is 0 Å². The fraction of sp³-hybridized carbons (Fsp3) is 0.480. The van der Waals surface area contributed by atoms with E-state index in [1.807, 2.05) is 24.9 Å². The number of alkyl halides is 3. The van der Waals surface area contributed by atoms with Crippen molar-refractivity contribution in [2.45, 2.75) is 64.5 Å². The van der Waals surface area contributed by atoms with Crippen molar-refractivity contribution < 1.29 is 22.8 Å². The Hall–Kier alpha value is -3.94. The van der Waals surface area contributed by atoms with Gasteiger partial charge in [-0.2, -0.15) is 10.1 Å². The molecule has 1 aliphatic rings. The minimum absolute atomic E-state index is 0.00268. The van der Waals surface area contributed by atoms with Crippen LogP contribution in [0.2, 0.25) is 0 Å². The lowest BCUT2D eigenvalue weighted by Crippen LogP contribution is -2.33. The zero-order valence-electron chi connectivity index (χ0n) is 21.7. The highest BCUT2D eigenvalue weighted by atomic mass is 19.4. The fourth-order valence-electron chi connectivity index (χ4n) is 4.81. The number of nitro groups is 1. The van der Waals surface area contributed by atoms with E-state index in [0.717, 1.165) is 43.5 Å². The van der Waals surface area contributed by atoms with Gasteiger partial charge in [0.2, 0.25) is 11.8 Å². The fourth-order valence-corrected chi connectivity index (χ4v) is 4.81.